The van der Waals surface area contributed by atoms with E-state index >= 15 is 0 Å². The van der Waals surface area contributed by atoms with Crippen molar-refractivity contribution in [3.63, 3.8) is 0 Å². The van der Waals surface area contributed by atoms with E-state index in [1.165, 1.54) is 30.7 Å². The number of aryl methyl sites for hydroxylation is 1. The Morgan fingerprint density at radius 3 is 2.58 bits per heavy atom. The molecule has 1 fully saturated rings. The molecule has 2 aromatic rings. The molecule has 0 saturated carbocycles. The van der Waals surface area contributed by atoms with Crippen LogP contribution in [0.25, 0.3) is 0 Å². The average molecular weight is 352 g/mol. The van der Waals surface area contributed by atoms with Gasteiger partial charge in [-0.15, -0.1) is 0 Å². The number of nitrogens with zero attached hydrogens (tertiary/aromatic N) is 2. The number of rotatable bonds is 5. The third-order valence-electron chi connectivity index (χ3n) is 4.15. The molecule has 1 aromatic carbocycles. The van der Waals surface area contributed by atoms with Crippen LogP contribution in [-0.4, -0.2) is 38.6 Å². The Morgan fingerprint density at radius 2 is 1.96 bits per heavy atom. The molecule has 0 radical (unpaired) electrons. The van der Waals surface area contributed by atoms with Crippen molar-refractivity contribution in [1.82, 2.24) is 9.46 Å². The van der Waals surface area contributed by atoms with Gasteiger partial charge in [-0.2, -0.15) is 4.31 Å². The van der Waals surface area contributed by atoms with E-state index in [9.17, 15) is 8.42 Å². The highest BCUT2D eigenvalue weighted by molar-refractivity contribution is 7.89. The molecule has 1 saturated heterocycles. The highest BCUT2D eigenvalue weighted by atomic mass is 32.2. The minimum atomic E-state index is -3.67. The van der Waals surface area contributed by atoms with Crippen molar-refractivity contribution in [2.75, 3.05) is 20.8 Å². The largest absolute Gasteiger partial charge is 0.493 e. The SMILES string of the molecule is COc1ccc(S(=O)(=O)N2CCCC2c2cc(C)on2)cc1OC. The van der Waals surface area contributed by atoms with E-state index in [0.717, 1.165) is 12.8 Å². The maximum atomic E-state index is 13.1. The van der Waals surface area contributed by atoms with Gasteiger partial charge < -0.3 is 14.0 Å². The Labute approximate surface area is 141 Å². The fraction of sp³-hybridized carbons (Fsp3) is 0.438. The van der Waals surface area contributed by atoms with Crippen LogP contribution in [0.3, 0.4) is 0 Å². The van der Waals surface area contributed by atoms with Gasteiger partial charge in [0.05, 0.1) is 25.2 Å². The van der Waals surface area contributed by atoms with Gasteiger partial charge in [0.25, 0.3) is 0 Å². The molecular weight excluding hydrogens is 332 g/mol. The monoisotopic (exact) mass is 352 g/mol. The predicted octanol–water partition coefficient (Wildman–Crippen LogP) is 2.53. The molecule has 0 amide bonds. The van der Waals surface area contributed by atoms with Crippen LogP contribution in [0.4, 0.5) is 0 Å². The standard InChI is InChI=1S/C16H20N2O5S/c1-11-9-13(17-23-11)14-5-4-8-18(14)24(19,20)12-6-7-15(21-2)16(10-12)22-3/h6-7,9-10,14H,4-5,8H2,1-3H3. The van der Waals surface area contributed by atoms with E-state index in [1.807, 2.05) is 0 Å². The van der Waals surface area contributed by atoms with Crippen LogP contribution in [0, 0.1) is 6.92 Å². The molecular formula is C16H20N2O5S. The van der Waals surface area contributed by atoms with Crippen LogP contribution in [-0.2, 0) is 10.0 Å². The zero-order valence-electron chi connectivity index (χ0n) is 13.9. The Hall–Kier alpha value is -2.06. The van der Waals surface area contributed by atoms with Crippen molar-refractivity contribution < 1.29 is 22.4 Å². The number of benzene rings is 1. The fourth-order valence-electron chi connectivity index (χ4n) is 2.98. The lowest BCUT2D eigenvalue weighted by atomic mass is 10.1. The molecule has 1 atom stereocenters. The molecule has 0 aliphatic carbocycles. The molecule has 24 heavy (non-hydrogen) atoms. The molecule has 0 N–H and O–H groups in total. The first kappa shape index (κ1) is 16.8. The summed E-state index contributed by atoms with van der Waals surface area (Å²) in [6.45, 7) is 2.24. The summed E-state index contributed by atoms with van der Waals surface area (Å²) < 4.78 is 43.1. The van der Waals surface area contributed by atoms with E-state index in [2.05, 4.69) is 5.16 Å². The molecule has 3 rings (SSSR count). The average Bonchev–Trinajstić information content (AvgIpc) is 3.22. The van der Waals surface area contributed by atoms with Crippen LogP contribution in [0.5, 0.6) is 11.5 Å². The summed E-state index contributed by atoms with van der Waals surface area (Å²) in [4.78, 5) is 0.173. The molecule has 1 aliphatic rings. The lowest BCUT2D eigenvalue weighted by molar-refractivity contribution is 0.347. The van der Waals surface area contributed by atoms with Crippen LogP contribution >= 0.6 is 0 Å². The Balaban J connectivity index is 1.97. The van der Waals surface area contributed by atoms with Gasteiger partial charge in [0.2, 0.25) is 10.0 Å². The van der Waals surface area contributed by atoms with Gasteiger partial charge in [0, 0.05) is 18.7 Å². The van der Waals surface area contributed by atoms with Gasteiger partial charge >= 0.3 is 0 Å². The third kappa shape index (κ3) is 2.87. The van der Waals surface area contributed by atoms with E-state index in [-0.39, 0.29) is 10.9 Å². The molecule has 7 nitrogen and oxygen atoms in total. The fourth-order valence-corrected chi connectivity index (χ4v) is 4.66. The lowest BCUT2D eigenvalue weighted by Gasteiger charge is -2.22. The van der Waals surface area contributed by atoms with Crippen LogP contribution in [0.15, 0.2) is 33.7 Å². The lowest BCUT2D eigenvalue weighted by Crippen LogP contribution is -2.30. The maximum Gasteiger partial charge on any atom is 0.243 e. The normalized spacial score (nSPS) is 18.7. The molecule has 8 heteroatoms. The van der Waals surface area contributed by atoms with Gasteiger partial charge in [-0.05, 0) is 31.9 Å². The second-order valence-electron chi connectivity index (χ2n) is 5.65. The summed E-state index contributed by atoms with van der Waals surface area (Å²) in [5.41, 5.74) is 0.647. The maximum absolute atomic E-state index is 13.1. The van der Waals surface area contributed by atoms with Crippen molar-refractivity contribution in [3.8, 4) is 11.5 Å². The molecule has 1 aliphatic heterocycles. The summed E-state index contributed by atoms with van der Waals surface area (Å²) >= 11 is 0. The van der Waals surface area contributed by atoms with Crippen molar-refractivity contribution >= 4 is 10.0 Å². The Kier molecular flexibility index (Phi) is 4.51. The second kappa shape index (κ2) is 6.45. The quantitative estimate of drug-likeness (QED) is 0.822. The van der Waals surface area contributed by atoms with Crippen molar-refractivity contribution in [2.24, 2.45) is 0 Å². The van der Waals surface area contributed by atoms with E-state index in [4.69, 9.17) is 14.0 Å². The van der Waals surface area contributed by atoms with E-state index in [0.29, 0.717) is 29.5 Å². The third-order valence-corrected chi connectivity index (χ3v) is 6.06. The zero-order valence-corrected chi connectivity index (χ0v) is 14.7. The minimum absolute atomic E-state index is 0.173. The number of aromatic nitrogens is 1. The first-order valence-electron chi connectivity index (χ1n) is 7.64. The molecule has 2 heterocycles. The number of ether oxygens (including phenoxy) is 2. The van der Waals surface area contributed by atoms with E-state index < -0.39 is 10.0 Å². The van der Waals surface area contributed by atoms with Gasteiger partial charge in [-0.25, -0.2) is 8.42 Å². The summed E-state index contributed by atoms with van der Waals surface area (Å²) in [7, 11) is -0.682. The number of methoxy groups -OCH3 is 2. The molecule has 130 valence electrons. The van der Waals surface area contributed by atoms with Gasteiger partial charge in [0.1, 0.15) is 11.5 Å². The Bertz CT molecular complexity index is 831. The van der Waals surface area contributed by atoms with Crippen LogP contribution < -0.4 is 9.47 Å². The second-order valence-corrected chi connectivity index (χ2v) is 7.54. The number of hydrogen-bond acceptors (Lipinski definition) is 6. The summed E-state index contributed by atoms with van der Waals surface area (Å²) in [6, 6.07) is 6.09. The minimum Gasteiger partial charge on any atom is -0.493 e. The first-order valence-corrected chi connectivity index (χ1v) is 9.08. The Morgan fingerprint density at radius 1 is 1.21 bits per heavy atom. The highest BCUT2D eigenvalue weighted by Gasteiger charge is 2.38. The smallest absolute Gasteiger partial charge is 0.243 e. The number of sulfonamides is 1. The van der Waals surface area contributed by atoms with Crippen molar-refractivity contribution in [1.29, 1.82) is 0 Å². The summed E-state index contributed by atoms with van der Waals surface area (Å²) in [5, 5.41) is 3.99. The predicted molar refractivity (Wildman–Crippen MR) is 86.7 cm³/mol. The van der Waals surface area contributed by atoms with Crippen molar-refractivity contribution in [3.05, 3.63) is 35.7 Å². The number of hydrogen-bond donors (Lipinski definition) is 0. The summed E-state index contributed by atoms with van der Waals surface area (Å²) in [6.07, 6.45) is 1.50. The summed E-state index contributed by atoms with van der Waals surface area (Å²) in [5.74, 6) is 1.54. The molecule has 1 aromatic heterocycles. The topological polar surface area (TPSA) is 81.9 Å². The molecule has 0 spiro atoms. The van der Waals surface area contributed by atoms with Crippen LogP contribution in [0.2, 0.25) is 0 Å². The first-order chi connectivity index (χ1) is 11.5. The molecule has 0 bridgehead atoms. The van der Waals surface area contributed by atoms with Crippen LogP contribution in [0.1, 0.15) is 30.3 Å². The van der Waals surface area contributed by atoms with Gasteiger partial charge in [-0.3, -0.25) is 0 Å². The highest BCUT2D eigenvalue weighted by Crippen LogP contribution is 2.38. The molecule has 1 unspecified atom stereocenters. The zero-order chi connectivity index (χ0) is 17.3. The van der Waals surface area contributed by atoms with Gasteiger partial charge in [-0.1, -0.05) is 5.16 Å². The van der Waals surface area contributed by atoms with E-state index in [1.54, 1.807) is 19.1 Å². The van der Waals surface area contributed by atoms with Crippen molar-refractivity contribution in [2.45, 2.75) is 30.7 Å². The van der Waals surface area contributed by atoms with Gasteiger partial charge in [0.15, 0.2) is 11.5 Å².